The molecule has 1 atom stereocenters. The first kappa shape index (κ1) is 15.6. The average Bonchev–Trinajstić information content (AvgIpc) is 3.13. The van der Waals surface area contributed by atoms with Crippen LogP contribution in [0.1, 0.15) is 47.7 Å². The van der Waals surface area contributed by atoms with Crippen molar-refractivity contribution in [2.45, 2.75) is 38.1 Å². The van der Waals surface area contributed by atoms with Crippen molar-refractivity contribution < 1.29 is 13.7 Å². The average molecular weight is 337 g/mol. The summed E-state index contributed by atoms with van der Waals surface area (Å²) in [7, 11) is 0. The van der Waals surface area contributed by atoms with E-state index in [9.17, 15) is 4.79 Å². The smallest absolute Gasteiger partial charge is 0.251 e. The van der Waals surface area contributed by atoms with E-state index in [-0.39, 0.29) is 11.9 Å². The molecule has 2 aromatic heterocycles. The van der Waals surface area contributed by atoms with Crippen LogP contribution < -0.4 is 5.32 Å². The normalized spacial score (nSPS) is 15.1. The Kier molecular flexibility index (Phi) is 4.09. The van der Waals surface area contributed by atoms with E-state index in [1.54, 1.807) is 18.4 Å². The van der Waals surface area contributed by atoms with E-state index >= 15 is 0 Å². The van der Waals surface area contributed by atoms with E-state index in [4.69, 9.17) is 8.94 Å². The van der Waals surface area contributed by atoms with Crippen molar-refractivity contribution in [2.24, 2.45) is 0 Å². The van der Waals surface area contributed by atoms with Crippen LogP contribution >= 0.6 is 0 Å². The maximum Gasteiger partial charge on any atom is 0.251 e. The molecular formula is C19H19N3O3. The van der Waals surface area contributed by atoms with Gasteiger partial charge in [-0.2, -0.15) is 4.98 Å². The molecule has 0 unspecified atom stereocenters. The Labute approximate surface area is 145 Å². The number of hydrogen-bond donors (Lipinski definition) is 1. The number of carbonyl (C=O) groups excluding carboxylic acids is 1. The molecule has 1 aromatic carbocycles. The molecule has 2 heterocycles. The molecular weight excluding hydrogens is 318 g/mol. The van der Waals surface area contributed by atoms with Crippen molar-refractivity contribution in [2.75, 3.05) is 0 Å². The van der Waals surface area contributed by atoms with Crippen LogP contribution in [-0.2, 0) is 6.42 Å². The number of carbonyl (C=O) groups is 1. The van der Waals surface area contributed by atoms with Gasteiger partial charge in [-0.3, -0.25) is 4.79 Å². The summed E-state index contributed by atoms with van der Waals surface area (Å²) in [5.41, 5.74) is 1.44. The molecule has 1 aliphatic carbocycles. The van der Waals surface area contributed by atoms with Crippen LogP contribution in [-0.4, -0.2) is 22.1 Å². The van der Waals surface area contributed by atoms with E-state index in [1.807, 2.05) is 31.2 Å². The van der Waals surface area contributed by atoms with Crippen LogP contribution in [0.4, 0.5) is 0 Å². The number of aromatic nitrogens is 2. The first-order valence-electron chi connectivity index (χ1n) is 8.46. The van der Waals surface area contributed by atoms with Crippen molar-refractivity contribution in [3.05, 3.63) is 59.9 Å². The van der Waals surface area contributed by atoms with Crippen molar-refractivity contribution >= 4 is 5.91 Å². The number of hydrogen-bond acceptors (Lipinski definition) is 5. The second-order valence-corrected chi connectivity index (χ2v) is 6.47. The van der Waals surface area contributed by atoms with E-state index in [0.29, 0.717) is 29.6 Å². The first-order chi connectivity index (χ1) is 12.2. The zero-order valence-electron chi connectivity index (χ0n) is 13.9. The van der Waals surface area contributed by atoms with Crippen LogP contribution in [0.5, 0.6) is 0 Å². The molecule has 1 N–H and O–H groups in total. The van der Waals surface area contributed by atoms with E-state index in [1.165, 1.54) is 0 Å². The third kappa shape index (κ3) is 3.63. The molecule has 6 nitrogen and oxygen atoms in total. The van der Waals surface area contributed by atoms with Crippen LogP contribution in [0.2, 0.25) is 0 Å². The second kappa shape index (κ2) is 6.55. The fraction of sp³-hybridized carbons (Fsp3) is 0.316. The Balaban J connectivity index is 1.39. The molecule has 6 heteroatoms. The summed E-state index contributed by atoms with van der Waals surface area (Å²) in [4.78, 5) is 16.8. The highest BCUT2D eigenvalue weighted by Gasteiger charge is 2.29. The number of rotatable bonds is 6. The quantitative estimate of drug-likeness (QED) is 0.743. The predicted octanol–water partition coefficient (Wildman–Crippen LogP) is 3.57. The molecule has 0 radical (unpaired) electrons. The molecule has 1 fully saturated rings. The molecule has 0 bridgehead atoms. The van der Waals surface area contributed by atoms with Crippen LogP contribution in [0.15, 0.2) is 51.6 Å². The standard InChI is InChI=1S/C19H19N3O3/c1-12(11-16-3-2-10-24-16)20-18(23)14-6-4-13(5-7-14)17-21-19(25-22-17)15-8-9-15/h2-7,10,12,15H,8-9,11H2,1H3,(H,20,23)/t12-/m1/s1. The largest absolute Gasteiger partial charge is 0.469 e. The summed E-state index contributed by atoms with van der Waals surface area (Å²) in [6, 6.07) is 11.0. The zero-order valence-corrected chi connectivity index (χ0v) is 13.9. The van der Waals surface area contributed by atoms with Crippen LogP contribution in [0.3, 0.4) is 0 Å². The van der Waals surface area contributed by atoms with E-state index in [2.05, 4.69) is 15.5 Å². The van der Waals surface area contributed by atoms with E-state index in [0.717, 1.165) is 24.2 Å². The first-order valence-corrected chi connectivity index (χ1v) is 8.46. The number of amides is 1. The number of nitrogens with zero attached hydrogens (tertiary/aromatic N) is 2. The van der Waals surface area contributed by atoms with Gasteiger partial charge in [0.1, 0.15) is 5.76 Å². The maximum absolute atomic E-state index is 12.3. The summed E-state index contributed by atoms with van der Waals surface area (Å²) in [5, 5.41) is 6.99. The van der Waals surface area contributed by atoms with Gasteiger partial charge >= 0.3 is 0 Å². The summed E-state index contributed by atoms with van der Waals surface area (Å²) < 4.78 is 10.6. The lowest BCUT2D eigenvalue weighted by Gasteiger charge is -2.12. The van der Waals surface area contributed by atoms with Gasteiger partial charge in [0.2, 0.25) is 11.7 Å². The molecule has 25 heavy (non-hydrogen) atoms. The number of nitrogens with one attached hydrogen (secondary N) is 1. The van der Waals surface area contributed by atoms with E-state index < -0.39 is 0 Å². The van der Waals surface area contributed by atoms with Gasteiger partial charge in [-0.25, -0.2) is 0 Å². The topological polar surface area (TPSA) is 81.2 Å². The summed E-state index contributed by atoms with van der Waals surface area (Å²) in [6.45, 7) is 1.95. The molecule has 0 spiro atoms. The van der Waals surface area contributed by atoms with Gasteiger partial charge in [0.05, 0.1) is 6.26 Å². The minimum atomic E-state index is -0.114. The lowest BCUT2D eigenvalue weighted by molar-refractivity contribution is 0.0939. The highest BCUT2D eigenvalue weighted by Crippen LogP contribution is 2.39. The van der Waals surface area contributed by atoms with Gasteiger partial charge in [0.15, 0.2) is 0 Å². The van der Waals surface area contributed by atoms with Crippen LogP contribution in [0.25, 0.3) is 11.4 Å². The highest BCUT2D eigenvalue weighted by molar-refractivity contribution is 5.94. The predicted molar refractivity (Wildman–Crippen MR) is 91.0 cm³/mol. The third-order valence-corrected chi connectivity index (χ3v) is 4.24. The van der Waals surface area contributed by atoms with Gasteiger partial charge in [-0.1, -0.05) is 17.3 Å². The maximum atomic E-state index is 12.3. The molecule has 1 saturated carbocycles. The zero-order chi connectivity index (χ0) is 17.2. The van der Waals surface area contributed by atoms with Gasteiger partial charge in [0.25, 0.3) is 5.91 Å². The Bertz CT molecular complexity index is 848. The minimum absolute atomic E-state index is 0.0170. The third-order valence-electron chi connectivity index (χ3n) is 4.24. The SMILES string of the molecule is C[C@H](Cc1ccco1)NC(=O)c1ccc(-c2noc(C3CC3)n2)cc1. The summed E-state index contributed by atoms with van der Waals surface area (Å²) in [6.07, 6.45) is 4.53. The Hall–Kier alpha value is -2.89. The van der Waals surface area contributed by atoms with Gasteiger partial charge in [-0.15, -0.1) is 0 Å². The van der Waals surface area contributed by atoms with Crippen molar-refractivity contribution in [1.29, 1.82) is 0 Å². The summed E-state index contributed by atoms with van der Waals surface area (Å²) in [5.74, 6) is 2.45. The molecule has 1 aliphatic rings. The molecule has 4 rings (SSSR count). The van der Waals surface area contributed by atoms with Gasteiger partial charge < -0.3 is 14.3 Å². The summed E-state index contributed by atoms with van der Waals surface area (Å²) >= 11 is 0. The lowest BCUT2D eigenvalue weighted by atomic mass is 10.1. The Morgan fingerprint density at radius 1 is 1.28 bits per heavy atom. The van der Waals surface area contributed by atoms with Gasteiger partial charge in [-0.05, 0) is 44.0 Å². The molecule has 0 aliphatic heterocycles. The van der Waals surface area contributed by atoms with Gasteiger partial charge in [0, 0.05) is 29.5 Å². The minimum Gasteiger partial charge on any atom is -0.469 e. The van der Waals surface area contributed by atoms with Crippen LogP contribution in [0, 0.1) is 0 Å². The second-order valence-electron chi connectivity index (χ2n) is 6.47. The number of benzene rings is 1. The Morgan fingerprint density at radius 2 is 2.08 bits per heavy atom. The fourth-order valence-electron chi connectivity index (χ4n) is 2.71. The molecule has 1 amide bonds. The van der Waals surface area contributed by atoms with Crippen molar-refractivity contribution in [1.82, 2.24) is 15.5 Å². The monoisotopic (exact) mass is 337 g/mol. The molecule has 3 aromatic rings. The lowest BCUT2D eigenvalue weighted by Crippen LogP contribution is -2.33. The molecule has 0 saturated heterocycles. The fourth-order valence-corrected chi connectivity index (χ4v) is 2.71. The highest BCUT2D eigenvalue weighted by atomic mass is 16.5. The van der Waals surface area contributed by atoms with Crippen molar-refractivity contribution in [3.63, 3.8) is 0 Å². The van der Waals surface area contributed by atoms with Crippen molar-refractivity contribution in [3.8, 4) is 11.4 Å². The number of furan rings is 1. The molecule has 128 valence electrons. The Morgan fingerprint density at radius 3 is 2.76 bits per heavy atom.